The van der Waals surface area contributed by atoms with Crippen molar-refractivity contribution in [2.24, 2.45) is 0 Å². The van der Waals surface area contributed by atoms with Gasteiger partial charge in [-0.15, -0.1) is 0 Å². The predicted octanol–water partition coefficient (Wildman–Crippen LogP) is 2.30. The van der Waals surface area contributed by atoms with Gasteiger partial charge in [0, 0.05) is 11.8 Å². The van der Waals surface area contributed by atoms with E-state index in [0.29, 0.717) is 5.69 Å². The molecule has 0 heterocycles. The van der Waals surface area contributed by atoms with Crippen LogP contribution in [0.3, 0.4) is 0 Å². The van der Waals surface area contributed by atoms with Crippen molar-refractivity contribution in [2.75, 3.05) is 17.9 Å². The molecule has 0 saturated heterocycles. The number of rotatable bonds is 8. The van der Waals surface area contributed by atoms with E-state index in [4.69, 9.17) is 9.47 Å². The third kappa shape index (κ3) is 6.48. The Kier molecular flexibility index (Phi) is 6.95. The van der Waals surface area contributed by atoms with Crippen LogP contribution in [0.2, 0.25) is 0 Å². The van der Waals surface area contributed by atoms with Crippen molar-refractivity contribution in [3.63, 3.8) is 0 Å². The lowest BCUT2D eigenvalue weighted by Gasteiger charge is -2.09. The summed E-state index contributed by atoms with van der Waals surface area (Å²) in [5.74, 6) is -0.430. The van der Waals surface area contributed by atoms with Gasteiger partial charge in [0.05, 0.1) is 11.4 Å². The van der Waals surface area contributed by atoms with Crippen molar-refractivity contribution in [3.05, 3.63) is 67.3 Å². The fraction of sp³-hybridized carbons (Fsp3) is 0.111. The highest BCUT2D eigenvalue weighted by Gasteiger charge is 2.14. The summed E-state index contributed by atoms with van der Waals surface area (Å²) in [5.41, 5.74) is 0.439. The average Bonchev–Trinajstić information content (AvgIpc) is 2.66. The second kappa shape index (κ2) is 9.39. The molecule has 142 valence electrons. The number of anilines is 1. The zero-order valence-corrected chi connectivity index (χ0v) is 15.1. The topological polar surface area (TPSA) is 111 Å². The number of hydrogen-bond acceptors (Lipinski definition) is 6. The van der Waals surface area contributed by atoms with Gasteiger partial charge in [0.1, 0.15) is 12.4 Å². The predicted molar refractivity (Wildman–Crippen MR) is 98.9 cm³/mol. The quantitative estimate of drug-likeness (QED) is 0.406. The minimum atomic E-state index is -3.75. The van der Waals surface area contributed by atoms with Gasteiger partial charge < -0.3 is 14.8 Å². The molecule has 0 saturated carbocycles. The van der Waals surface area contributed by atoms with Crippen LogP contribution in [0.15, 0.2) is 72.1 Å². The van der Waals surface area contributed by atoms with Gasteiger partial charge in [-0.1, -0.05) is 24.8 Å². The fourth-order valence-electron chi connectivity index (χ4n) is 1.91. The molecule has 0 spiro atoms. The molecular formula is C18H18N2O6S. The van der Waals surface area contributed by atoms with Crippen molar-refractivity contribution in [3.8, 4) is 5.75 Å². The third-order valence-corrected chi connectivity index (χ3v) is 4.55. The van der Waals surface area contributed by atoms with Crippen LogP contribution in [0.25, 0.3) is 0 Å². The molecule has 1 amide bonds. The number of hydrogen-bond donors (Lipinski definition) is 2. The highest BCUT2D eigenvalue weighted by Crippen LogP contribution is 2.19. The smallest absolute Gasteiger partial charge is 0.412 e. The van der Waals surface area contributed by atoms with Crippen LogP contribution in [-0.2, 0) is 19.6 Å². The van der Waals surface area contributed by atoms with Gasteiger partial charge in [-0.3, -0.25) is 4.72 Å². The normalized spacial score (nSPS) is 10.5. The van der Waals surface area contributed by atoms with Crippen LogP contribution in [0, 0.1) is 0 Å². The number of para-hydroxylation sites is 1. The molecule has 0 atom stereocenters. The van der Waals surface area contributed by atoms with Crippen molar-refractivity contribution in [1.82, 2.24) is 5.32 Å². The summed E-state index contributed by atoms with van der Waals surface area (Å²) in [5, 5.41) is 2.38. The van der Waals surface area contributed by atoms with Crippen LogP contribution < -0.4 is 14.8 Å². The van der Waals surface area contributed by atoms with E-state index in [1.165, 1.54) is 24.3 Å². The zero-order chi connectivity index (χ0) is 19.7. The number of benzene rings is 2. The molecule has 2 aromatic carbocycles. The second-order valence-electron chi connectivity index (χ2n) is 5.13. The molecule has 0 aliphatic carbocycles. The summed E-state index contributed by atoms with van der Waals surface area (Å²) in [6.07, 6.45) is 0.253. The highest BCUT2D eigenvalue weighted by molar-refractivity contribution is 7.92. The average molecular weight is 390 g/mol. The molecule has 2 N–H and O–H groups in total. The van der Waals surface area contributed by atoms with Gasteiger partial charge in [-0.25, -0.2) is 18.0 Å². The lowest BCUT2D eigenvalue weighted by molar-refractivity contribution is -0.137. The van der Waals surface area contributed by atoms with E-state index in [-0.39, 0.29) is 23.8 Å². The van der Waals surface area contributed by atoms with E-state index in [2.05, 4.69) is 16.6 Å². The summed E-state index contributed by atoms with van der Waals surface area (Å²) in [7, 11) is -3.75. The Hall–Kier alpha value is -3.33. The standard InChI is InChI=1S/C18H18N2O6S/c1-2-17(21)25-13-12-19-18(22)26-15-8-10-16(11-9-15)27(23,24)20-14-6-4-3-5-7-14/h2-11,20H,1,12-13H2,(H,19,22). The molecule has 0 fully saturated rings. The number of carbonyl (C=O) groups is 2. The van der Waals surface area contributed by atoms with E-state index in [0.717, 1.165) is 6.08 Å². The number of carbonyl (C=O) groups excluding carboxylic acids is 2. The number of ether oxygens (including phenoxy) is 2. The van der Waals surface area contributed by atoms with Crippen LogP contribution in [-0.4, -0.2) is 33.6 Å². The van der Waals surface area contributed by atoms with Crippen molar-refractivity contribution < 1.29 is 27.5 Å². The maximum Gasteiger partial charge on any atom is 0.412 e. The molecule has 0 unspecified atom stereocenters. The van der Waals surface area contributed by atoms with E-state index in [9.17, 15) is 18.0 Å². The molecule has 2 rings (SSSR count). The summed E-state index contributed by atoms with van der Waals surface area (Å²) in [6, 6.07) is 13.8. The molecule has 27 heavy (non-hydrogen) atoms. The number of sulfonamides is 1. The van der Waals surface area contributed by atoms with Crippen LogP contribution in [0.5, 0.6) is 5.75 Å². The number of nitrogens with one attached hydrogen (secondary N) is 2. The largest absolute Gasteiger partial charge is 0.461 e. The first kappa shape index (κ1) is 20.0. The van der Waals surface area contributed by atoms with Gasteiger partial charge in [0.25, 0.3) is 10.0 Å². The fourth-order valence-corrected chi connectivity index (χ4v) is 2.97. The van der Waals surface area contributed by atoms with Crippen LogP contribution in [0.4, 0.5) is 10.5 Å². The van der Waals surface area contributed by atoms with Crippen molar-refractivity contribution in [2.45, 2.75) is 4.90 Å². The summed E-state index contributed by atoms with van der Waals surface area (Å²) >= 11 is 0. The zero-order valence-electron chi connectivity index (χ0n) is 14.3. The first-order chi connectivity index (χ1) is 12.9. The van der Waals surface area contributed by atoms with E-state index in [1.807, 2.05) is 0 Å². The van der Waals surface area contributed by atoms with E-state index in [1.54, 1.807) is 30.3 Å². The first-order valence-electron chi connectivity index (χ1n) is 7.83. The number of esters is 1. The highest BCUT2D eigenvalue weighted by atomic mass is 32.2. The Bertz CT molecular complexity index is 895. The van der Waals surface area contributed by atoms with Gasteiger partial charge in [-0.05, 0) is 36.4 Å². The summed E-state index contributed by atoms with van der Waals surface area (Å²) in [4.78, 5) is 22.5. The Labute approximate surface area is 156 Å². The molecule has 0 aliphatic rings. The molecule has 0 radical (unpaired) electrons. The van der Waals surface area contributed by atoms with Crippen molar-refractivity contribution >= 4 is 27.8 Å². The molecule has 0 aliphatic heterocycles. The molecule has 0 aromatic heterocycles. The maximum absolute atomic E-state index is 12.3. The molecule has 9 heteroatoms. The Morgan fingerprint density at radius 3 is 2.33 bits per heavy atom. The second-order valence-corrected chi connectivity index (χ2v) is 6.81. The minimum Gasteiger partial charge on any atom is -0.461 e. The van der Waals surface area contributed by atoms with Crippen LogP contribution >= 0.6 is 0 Å². The monoisotopic (exact) mass is 390 g/mol. The summed E-state index contributed by atoms with van der Waals surface area (Å²) in [6.45, 7) is 3.28. The Morgan fingerprint density at radius 2 is 1.70 bits per heavy atom. The Balaban J connectivity index is 1.88. The molecule has 0 bridgehead atoms. The lowest BCUT2D eigenvalue weighted by atomic mass is 10.3. The third-order valence-electron chi connectivity index (χ3n) is 3.15. The first-order valence-corrected chi connectivity index (χ1v) is 9.32. The summed E-state index contributed by atoms with van der Waals surface area (Å²) < 4.78 is 36.8. The molecule has 2 aromatic rings. The van der Waals surface area contributed by atoms with Crippen LogP contribution in [0.1, 0.15) is 0 Å². The molecule has 8 nitrogen and oxygen atoms in total. The van der Waals surface area contributed by atoms with Crippen molar-refractivity contribution in [1.29, 1.82) is 0 Å². The van der Waals surface area contributed by atoms with Gasteiger partial charge >= 0.3 is 12.1 Å². The molecular weight excluding hydrogens is 372 g/mol. The van der Waals surface area contributed by atoms with Gasteiger partial charge in [0.2, 0.25) is 0 Å². The lowest BCUT2D eigenvalue weighted by Crippen LogP contribution is -2.30. The number of amides is 1. The van der Waals surface area contributed by atoms with Gasteiger partial charge in [0.15, 0.2) is 0 Å². The Morgan fingerprint density at radius 1 is 1.04 bits per heavy atom. The van der Waals surface area contributed by atoms with E-state index < -0.39 is 22.1 Å². The minimum absolute atomic E-state index is 0.0236. The van der Waals surface area contributed by atoms with E-state index >= 15 is 0 Å². The SMILES string of the molecule is C=CC(=O)OCCNC(=O)Oc1ccc(S(=O)(=O)Nc2ccccc2)cc1. The maximum atomic E-state index is 12.3. The van der Waals surface area contributed by atoms with Gasteiger partial charge in [-0.2, -0.15) is 0 Å².